The van der Waals surface area contributed by atoms with Crippen LogP contribution in [0.5, 0.6) is 0 Å². The Morgan fingerprint density at radius 3 is 2.89 bits per heavy atom. The molecule has 4 rings (SSSR count). The van der Waals surface area contributed by atoms with E-state index in [1.165, 1.54) is 26.8 Å². The topological polar surface area (TPSA) is 58.4 Å². The van der Waals surface area contributed by atoms with Crippen molar-refractivity contribution in [2.45, 2.75) is 32.5 Å². The predicted molar refractivity (Wildman–Crippen MR) is 116 cm³/mol. The van der Waals surface area contributed by atoms with Gasteiger partial charge < -0.3 is 11.1 Å². The number of fused-ring (bicyclic) bond motifs is 1. The highest BCUT2D eigenvalue weighted by atomic mass is 32.1. The number of hydrogen-bond donors (Lipinski definition) is 2. The van der Waals surface area contributed by atoms with Gasteiger partial charge in [-0.05, 0) is 52.9 Å². The van der Waals surface area contributed by atoms with Crippen molar-refractivity contribution in [3.63, 3.8) is 0 Å². The van der Waals surface area contributed by atoms with E-state index in [0.29, 0.717) is 0 Å². The monoisotopic (exact) mass is 393 g/mol. The number of carbonyl (C=O) groups excluding carboxylic acids is 1. The SMILES string of the molecule is NC(=O)C1CCCN(Cc2cccc(CNCc3csc4ccccc34)c2)C1. The smallest absolute Gasteiger partial charge is 0.221 e. The number of primary amides is 1. The summed E-state index contributed by atoms with van der Waals surface area (Å²) in [5, 5.41) is 7.18. The lowest BCUT2D eigenvalue weighted by Gasteiger charge is -2.31. The Kier molecular flexibility index (Phi) is 6.05. The number of piperidine rings is 1. The van der Waals surface area contributed by atoms with Gasteiger partial charge in [0, 0.05) is 30.9 Å². The van der Waals surface area contributed by atoms with Gasteiger partial charge in [-0.1, -0.05) is 42.5 Å². The van der Waals surface area contributed by atoms with Gasteiger partial charge >= 0.3 is 0 Å². The van der Waals surface area contributed by atoms with E-state index in [1.807, 2.05) is 0 Å². The summed E-state index contributed by atoms with van der Waals surface area (Å²) in [7, 11) is 0. The standard InChI is InChI=1S/C23H27N3OS/c24-23(27)19-7-4-10-26(15-19)14-18-6-3-5-17(11-18)12-25-13-20-16-28-22-9-2-1-8-21(20)22/h1-3,5-6,8-9,11,16,19,25H,4,7,10,12-15H2,(H2,24,27). The number of carbonyl (C=O) groups is 1. The van der Waals surface area contributed by atoms with Crippen molar-refractivity contribution in [2.24, 2.45) is 11.7 Å². The van der Waals surface area contributed by atoms with E-state index < -0.39 is 0 Å². The Morgan fingerprint density at radius 1 is 1.14 bits per heavy atom. The van der Waals surface area contributed by atoms with Crippen LogP contribution < -0.4 is 11.1 Å². The second-order valence-electron chi connectivity index (χ2n) is 7.66. The Morgan fingerprint density at radius 2 is 2.00 bits per heavy atom. The number of nitrogens with two attached hydrogens (primary N) is 1. The first-order chi connectivity index (χ1) is 13.7. The van der Waals surface area contributed by atoms with Crippen LogP contribution in [0.3, 0.4) is 0 Å². The Balaban J connectivity index is 1.33. The largest absolute Gasteiger partial charge is 0.369 e. The van der Waals surface area contributed by atoms with Crippen LogP contribution in [-0.4, -0.2) is 23.9 Å². The molecule has 0 radical (unpaired) electrons. The van der Waals surface area contributed by atoms with Crippen molar-refractivity contribution in [2.75, 3.05) is 13.1 Å². The van der Waals surface area contributed by atoms with Crippen LogP contribution in [0.2, 0.25) is 0 Å². The maximum Gasteiger partial charge on any atom is 0.221 e. The molecule has 28 heavy (non-hydrogen) atoms. The number of likely N-dealkylation sites (tertiary alicyclic amines) is 1. The molecule has 1 aliphatic rings. The number of nitrogens with zero attached hydrogens (tertiary/aromatic N) is 1. The highest BCUT2D eigenvalue weighted by Gasteiger charge is 2.23. The number of amides is 1. The van der Waals surface area contributed by atoms with Crippen LogP contribution in [0.15, 0.2) is 53.9 Å². The van der Waals surface area contributed by atoms with Crippen molar-refractivity contribution in [1.82, 2.24) is 10.2 Å². The average molecular weight is 394 g/mol. The van der Waals surface area contributed by atoms with E-state index in [0.717, 1.165) is 45.6 Å². The van der Waals surface area contributed by atoms with Gasteiger partial charge in [-0.3, -0.25) is 9.69 Å². The fraction of sp³-hybridized carbons (Fsp3) is 0.348. The molecule has 0 saturated carbocycles. The van der Waals surface area contributed by atoms with Gasteiger partial charge in [-0.25, -0.2) is 0 Å². The minimum absolute atomic E-state index is 0.000895. The van der Waals surface area contributed by atoms with Crippen LogP contribution in [0.1, 0.15) is 29.5 Å². The summed E-state index contributed by atoms with van der Waals surface area (Å²) in [5.41, 5.74) is 9.46. The zero-order valence-corrected chi connectivity index (χ0v) is 16.9. The first kappa shape index (κ1) is 19.1. The van der Waals surface area contributed by atoms with Crippen LogP contribution in [0.4, 0.5) is 0 Å². The summed E-state index contributed by atoms with van der Waals surface area (Å²) >= 11 is 1.81. The molecule has 1 atom stereocenters. The van der Waals surface area contributed by atoms with Crippen LogP contribution >= 0.6 is 11.3 Å². The molecule has 5 heteroatoms. The van der Waals surface area contributed by atoms with Gasteiger partial charge in [0.1, 0.15) is 0 Å². The molecule has 1 aromatic heterocycles. The predicted octanol–water partition coefficient (Wildman–Crippen LogP) is 3.89. The molecule has 3 N–H and O–H groups in total. The summed E-state index contributed by atoms with van der Waals surface area (Å²) in [6.45, 7) is 4.43. The third-order valence-corrected chi connectivity index (χ3v) is 6.52. The summed E-state index contributed by atoms with van der Waals surface area (Å²) in [5.74, 6) is -0.164. The molecule has 3 aromatic rings. The van der Waals surface area contributed by atoms with Gasteiger partial charge in [0.05, 0.1) is 5.92 Å². The number of hydrogen-bond acceptors (Lipinski definition) is 4. The highest BCUT2D eigenvalue weighted by molar-refractivity contribution is 7.17. The van der Waals surface area contributed by atoms with Gasteiger partial charge in [-0.15, -0.1) is 11.3 Å². The lowest BCUT2D eigenvalue weighted by Crippen LogP contribution is -2.40. The van der Waals surface area contributed by atoms with E-state index in [9.17, 15) is 4.79 Å². The average Bonchev–Trinajstić information content (AvgIpc) is 3.12. The Bertz CT molecular complexity index is 952. The molecule has 1 saturated heterocycles. The third-order valence-electron chi connectivity index (χ3n) is 5.51. The lowest BCUT2D eigenvalue weighted by atomic mass is 9.97. The van der Waals surface area contributed by atoms with Crippen molar-refractivity contribution < 1.29 is 4.79 Å². The van der Waals surface area contributed by atoms with Crippen LogP contribution in [-0.2, 0) is 24.4 Å². The molecule has 1 unspecified atom stereocenters. The van der Waals surface area contributed by atoms with Crippen molar-refractivity contribution in [1.29, 1.82) is 0 Å². The summed E-state index contributed by atoms with van der Waals surface area (Å²) in [4.78, 5) is 13.8. The van der Waals surface area contributed by atoms with Crippen LogP contribution in [0, 0.1) is 5.92 Å². The number of rotatable bonds is 7. The molecule has 2 aromatic carbocycles. The molecular formula is C23H27N3OS. The first-order valence-electron chi connectivity index (χ1n) is 9.94. The maximum atomic E-state index is 11.5. The molecule has 0 bridgehead atoms. The highest BCUT2D eigenvalue weighted by Crippen LogP contribution is 2.25. The third kappa shape index (κ3) is 4.61. The molecule has 0 aliphatic carbocycles. The molecule has 0 spiro atoms. The fourth-order valence-corrected chi connectivity index (χ4v) is 5.00. The van der Waals surface area contributed by atoms with Gasteiger partial charge in [-0.2, -0.15) is 0 Å². The molecule has 1 fully saturated rings. The van der Waals surface area contributed by atoms with Crippen molar-refractivity contribution in [3.8, 4) is 0 Å². The van der Waals surface area contributed by atoms with E-state index in [4.69, 9.17) is 5.73 Å². The number of nitrogens with one attached hydrogen (secondary N) is 1. The summed E-state index contributed by atoms with van der Waals surface area (Å²) in [6, 6.07) is 17.3. The lowest BCUT2D eigenvalue weighted by molar-refractivity contribution is -0.123. The second-order valence-corrected chi connectivity index (χ2v) is 8.57. The molecule has 2 heterocycles. The zero-order chi connectivity index (χ0) is 19.3. The zero-order valence-electron chi connectivity index (χ0n) is 16.1. The normalized spacial score (nSPS) is 17.8. The minimum Gasteiger partial charge on any atom is -0.369 e. The Labute approximate surface area is 170 Å². The molecule has 1 aliphatic heterocycles. The summed E-state index contributed by atoms with van der Waals surface area (Å²) in [6.07, 6.45) is 1.97. The van der Waals surface area contributed by atoms with Gasteiger partial charge in [0.25, 0.3) is 0 Å². The van der Waals surface area contributed by atoms with E-state index >= 15 is 0 Å². The Hall–Kier alpha value is -2.21. The maximum absolute atomic E-state index is 11.5. The van der Waals surface area contributed by atoms with Crippen molar-refractivity contribution >= 4 is 27.3 Å². The fourth-order valence-electron chi connectivity index (χ4n) is 4.04. The van der Waals surface area contributed by atoms with Gasteiger partial charge in [0.2, 0.25) is 5.91 Å². The van der Waals surface area contributed by atoms with Crippen LogP contribution in [0.25, 0.3) is 10.1 Å². The number of thiophene rings is 1. The number of benzene rings is 2. The van der Waals surface area contributed by atoms with E-state index in [1.54, 1.807) is 11.3 Å². The second kappa shape index (κ2) is 8.86. The van der Waals surface area contributed by atoms with Gasteiger partial charge in [0.15, 0.2) is 0 Å². The molecule has 4 nitrogen and oxygen atoms in total. The molecular weight excluding hydrogens is 366 g/mol. The summed E-state index contributed by atoms with van der Waals surface area (Å²) < 4.78 is 1.34. The first-order valence-corrected chi connectivity index (χ1v) is 10.8. The quantitative estimate of drug-likeness (QED) is 0.640. The van der Waals surface area contributed by atoms with Crippen molar-refractivity contribution in [3.05, 3.63) is 70.6 Å². The van der Waals surface area contributed by atoms with E-state index in [-0.39, 0.29) is 11.8 Å². The minimum atomic E-state index is -0.163. The molecule has 1 amide bonds. The van der Waals surface area contributed by atoms with E-state index in [2.05, 4.69) is 64.1 Å². The molecule has 146 valence electrons.